The number of nitrogens with zero attached hydrogens (tertiary/aromatic N) is 1. The van der Waals surface area contributed by atoms with Gasteiger partial charge in [-0.2, -0.15) is 0 Å². The highest BCUT2D eigenvalue weighted by atomic mass is 35.5. The number of hydrogen-bond donors (Lipinski definition) is 1. The smallest absolute Gasteiger partial charge is 0.223 e. The summed E-state index contributed by atoms with van der Waals surface area (Å²) in [5.74, 6) is 0.226. The van der Waals surface area contributed by atoms with Crippen LogP contribution in [0.4, 0.5) is 0 Å². The van der Waals surface area contributed by atoms with E-state index in [1.807, 2.05) is 29.2 Å². The van der Waals surface area contributed by atoms with E-state index in [1.54, 1.807) is 0 Å². The quantitative estimate of drug-likeness (QED) is 0.909. The minimum Gasteiger partial charge on any atom is -0.337 e. The normalized spacial score (nSPS) is 19.9. The van der Waals surface area contributed by atoms with Crippen molar-refractivity contribution >= 4 is 17.5 Å². The first kappa shape index (κ1) is 13.4. The molecule has 0 saturated carbocycles. The van der Waals surface area contributed by atoms with Crippen molar-refractivity contribution in [1.29, 1.82) is 0 Å². The predicted molar refractivity (Wildman–Crippen MR) is 73.8 cm³/mol. The third-order valence-electron chi connectivity index (χ3n) is 3.39. The summed E-state index contributed by atoms with van der Waals surface area (Å²) >= 11 is 6.09. The Balaban J connectivity index is 1.90. The van der Waals surface area contributed by atoms with Crippen LogP contribution in [-0.2, 0) is 11.2 Å². The highest BCUT2D eigenvalue weighted by Crippen LogP contribution is 2.17. The molecule has 18 heavy (non-hydrogen) atoms. The number of rotatable bonds is 3. The number of hydrogen-bond acceptors (Lipinski definition) is 2. The Morgan fingerprint density at radius 2 is 2.28 bits per heavy atom. The lowest BCUT2D eigenvalue weighted by molar-refractivity contribution is -0.133. The molecule has 0 bridgehead atoms. The highest BCUT2D eigenvalue weighted by molar-refractivity contribution is 6.31. The molecular weight excluding hydrogens is 248 g/mol. The van der Waals surface area contributed by atoms with Gasteiger partial charge < -0.3 is 10.2 Å². The van der Waals surface area contributed by atoms with Crippen molar-refractivity contribution in [2.24, 2.45) is 0 Å². The van der Waals surface area contributed by atoms with Crippen LogP contribution >= 0.6 is 11.6 Å². The summed E-state index contributed by atoms with van der Waals surface area (Å²) in [6.45, 7) is 4.67. The van der Waals surface area contributed by atoms with E-state index in [2.05, 4.69) is 12.2 Å². The maximum atomic E-state index is 12.1. The number of nitrogens with one attached hydrogen (secondary N) is 1. The van der Waals surface area contributed by atoms with Crippen LogP contribution in [0.3, 0.4) is 0 Å². The third kappa shape index (κ3) is 3.24. The Morgan fingerprint density at radius 3 is 3.00 bits per heavy atom. The minimum atomic E-state index is 0.226. The summed E-state index contributed by atoms with van der Waals surface area (Å²) in [4.78, 5) is 14.1. The Bertz CT molecular complexity index is 422. The van der Waals surface area contributed by atoms with Gasteiger partial charge in [0.1, 0.15) is 0 Å². The second-order valence-corrected chi connectivity index (χ2v) is 5.14. The predicted octanol–water partition coefficient (Wildman–Crippen LogP) is 2.09. The molecule has 0 unspecified atom stereocenters. The third-order valence-corrected chi connectivity index (χ3v) is 3.76. The van der Waals surface area contributed by atoms with Crippen molar-refractivity contribution in [2.75, 3.05) is 19.6 Å². The topological polar surface area (TPSA) is 32.3 Å². The Labute approximate surface area is 113 Å². The average molecular weight is 267 g/mol. The molecule has 1 saturated heterocycles. The van der Waals surface area contributed by atoms with Gasteiger partial charge in [0.15, 0.2) is 0 Å². The molecule has 0 radical (unpaired) electrons. The monoisotopic (exact) mass is 266 g/mol. The van der Waals surface area contributed by atoms with Crippen molar-refractivity contribution in [1.82, 2.24) is 10.2 Å². The molecule has 1 atom stereocenters. The number of aryl methyl sites for hydroxylation is 1. The lowest BCUT2D eigenvalue weighted by Gasteiger charge is -2.34. The van der Waals surface area contributed by atoms with E-state index in [1.165, 1.54) is 0 Å². The number of carbonyl (C=O) groups is 1. The van der Waals surface area contributed by atoms with Gasteiger partial charge in [0.2, 0.25) is 5.91 Å². The lowest BCUT2D eigenvalue weighted by atomic mass is 10.1. The Kier molecular flexibility index (Phi) is 4.61. The van der Waals surface area contributed by atoms with Gasteiger partial charge in [-0.05, 0) is 25.0 Å². The van der Waals surface area contributed by atoms with Gasteiger partial charge in [-0.1, -0.05) is 29.8 Å². The van der Waals surface area contributed by atoms with Gasteiger partial charge in [0.05, 0.1) is 0 Å². The molecule has 1 aliphatic rings. The van der Waals surface area contributed by atoms with Gasteiger partial charge in [0.25, 0.3) is 0 Å². The van der Waals surface area contributed by atoms with Crippen LogP contribution in [0.2, 0.25) is 5.02 Å². The van der Waals surface area contributed by atoms with Crippen LogP contribution in [0.5, 0.6) is 0 Å². The second kappa shape index (κ2) is 6.21. The van der Waals surface area contributed by atoms with Crippen molar-refractivity contribution in [3.63, 3.8) is 0 Å². The van der Waals surface area contributed by atoms with E-state index in [4.69, 9.17) is 11.6 Å². The first-order valence-corrected chi connectivity index (χ1v) is 6.80. The molecule has 1 N–H and O–H groups in total. The van der Waals surface area contributed by atoms with Crippen LogP contribution in [0.1, 0.15) is 18.9 Å². The molecule has 0 aromatic heterocycles. The number of halogens is 1. The van der Waals surface area contributed by atoms with E-state index in [0.29, 0.717) is 6.42 Å². The average Bonchev–Trinajstić information content (AvgIpc) is 2.38. The molecule has 1 heterocycles. The molecule has 98 valence electrons. The Hall–Kier alpha value is -1.06. The van der Waals surface area contributed by atoms with Gasteiger partial charge in [-0.15, -0.1) is 0 Å². The Morgan fingerprint density at radius 1 is 1.50 bits per heavy atom. The lowest BCUT2D eigenvalue weighted by Crippen LogP contribution is -2.52. The number of amides is 1. The van der Waals surface area contributed by atoms with Crippen molar-refractivity contribution in [3.8, 4) is 0 Å². The van der Waals surface area contributed by atoms with E-state index >= 15 is 0 Å². The number of carbonyl (C=O) groups excluding carboxylic acids is 1. The fraction of sp³-hybridized carbons (Fsp3) is 0.500. The molecule has 4 heteroatoms. The molecule has 1 aliphatic heterocycles. The minimum absolute atomic E-state index is 0.226. The van der Waals surface area contributed by atoms with Gasteiger partial charge >= 0.3 is 0 Å². The first-order chi connectivity index (χ1) is 8.68. The summed E-state index contributed by atoms with van der Waals surface area (Å²) in [6, 6.07) is 8.01. The van der Waals surface area contributed by atoms with Crippen molar-refractivity contribution < 1.29 is 4.79 Å². The summed E-state index contributed by atoms with van der Waals surface area (Å²) in [5.41, 5.74) is 1.05. The zero-order valence-corrected chi connectivity index (χ0v) is 11.4. The summed E-state index contributed by atoms with van der Waals surface area (Å²) in [6.07, 6.45) is 1.25. The molecular formula is C14H19ClN2O. The fourth-order valence-corrected chi connectivity index (χ4v) is 2.53. The van der Waals surface area contributed by atoms with Crippen LogP contribution in [0, 0.1) is 0 Å². The standard InChI is InChI=1S/C14H19ClN2O/c1-11-10-16-8-9-17(11)14(18)7-6-12-4-2-3-5-13(12)15/h2-5,11,16H,6-10H2,1H3/t11-/m0/s1. The molecule has 2 rings (SSSR count). The van der Waals surface area contributed by atoms with Crippen LogP contribution < -0.4 is 5.32 Å². The summed E-state index contributed by atoms with van der Waals surface area (Å²) in [7, 11) is 0. The van der Waals surface area contributed by atoms with E-state index < -0.39 is 0 Å². The van der Waals surface area contributed by atoms with Gasteiger partial charge in [0, 0.05) is 37.1 Å². The zero-order chi connectivity index (χ0) is 13.0. The molecule has 1 amide bonds. The van der Waals surface area contributed by atoms with Crippen molar-refractivity contribution in [3.05, 3.63) is 34.9 Å². The van der Waals surface area contributed by atoms with Crippen molar-refractivity contribution in [2.45, 2.75) is 25.8 Å². The maximum absolute atomic E-state index is 12.1. The molecule has 0 aliphatic carbocycles. The molecule has 3 nitrogen and oxygen atoms in total. The van der Waals surface area contributed by atoms with Gasteiger partial charge in [-0.25, -0.2) is 0 Å². The number of piperazine rings is 1. The molecule has 1 fully saturated rings. The van der Waals surface area contributed by atoms with E-state index in [0.717, 1.165) is 36.6 Å². The molecule has 1 aromatic rings. The summed E-state index contributed by atoms with van der Waals surface area (Å²) in [5, 5.41) is 4.04. The zero-order valence-electron chi connectivity index (χ0n) is 10.7. The van der Waals surface area contributed by atoms with Gasteiger partial charge in [-0.3, -0.25) is 4.79 Å². The maximum Gasteiger partial charge on any atom is 0.223 e. The largest absolute Gasteiger partial charge is 0.337 e. The molecule has 1 aromatic carbocycles. The van der Waals surface area contributed by atoms with E-state index in [9.17, 15) is 4.79 Å². The summed E-state index contributed by atoms with van der Waals surface area (Å²) < 4.78 is 0. The number of benzene rings is 1. The first-order valence-electron chi connectivity index (χ1n) is 6.42. The van der Waals surface area contributed by atoms with Crippen LogP contribution in [0.25, 0.3) is 0 Å². The SMILES string of the molecule is C[C@H]1CNCCN1C(=O)CCc1ccccc1Cl. The fourth-order valence-electron chi connectivity index (χ4n) is 2.30. The van der Waals surface area contributed by atoms with Crippen LogP contribution in [-0.4, -0.2) is 36.5 Å². The van der Waals surface area contributed by atoms with E-state index in [-0.39, 0.29) is 11.9 Å². The van der Waals surface area contributed by atoms with Crippen LogP contribution in [0.15, 0.2) is 24.3 Å². The second-order valence-electron chi connectivity index (χ2n) is 4.73. The highest BCUT2D eigenvalue weighted by Gasteiger charge is 2.22. The molecule has 0 spiro atoms.